The topological polar surface area (TPSA) is 26.3 Å². The highest BCUT2D eigenvalue weighted by molar-refractivity contribution is 5.78. The first-order valence-corrected chi connectivity index (χ1v) is 6.16. The van der Waals surface area contributed by atoms with Crippen molar-refractivity contribution >= 4 is 5.78 Å². The molecule has 1 rings (SSSR count). The summed E-state index contributed by atoms with van der Waals surface area (Å²) in [7, 11) is 0. The highest BCUT2D eigenvalue weighted by atomic mass is 16.5. The van der Waals surface area contributed by atoms with E-state index in [2.05, 4.69) is 6.07 Å². The average Bonchev–Trinajstić information content (AvgIpc) is 2.21. The minimum absolute atomic E-state index is 0.0891. The van der Waals surface area contributed by atoms with Gasteiger partial charge in [0.1, 0.15) is 11.5 Å². The normalized spacial score (nSPS) is 12.6. The van der Waals surface area contributed by atoms with Gasteiger partial charge in [0.25, 0.3) is 0 Å². The third kappa shape index (κ3) is 4.22. The monoisotopic (exact) mass is 234 g/mol. The standard InChI is InChI=1S/C15H22O2/c1-10(2)17-15-7-6-14(9-12(15)4)8-11(3)13(5)16/h6-7,9-11H,8H2,1-5H3. The van der Waals surface area contributed by atoms with E-state index >= 15 is 0 Å². The van der Waals surface area contributed by atoms with Crippen LogP contribution in [0.5, 0.6) is 5.75 Å². The molecule has 0 spiro atoms. The molecule has 0 saturated carbocycles. The van der Waals surface area contributed by atoms with Gasteiger partial charge < -0.3 is 4.74 Å². The van der Waals surface area contributed by atoms with E-state index < -0.39 is 0 Å². The fourth-order valence-corrected chi connectivity index (χ4v) is 1.72. The molecule has 2 nitrogen and oxygen atoms in total. The number of ketones is 1. The van der Waals surface area contributed by atoms with Crippen molar-refractivity contribution in [2.24, 2.45) is 5.92 Å². The van der Waals surface area contributed by atoms with Crippen molar-refractivity contribution in [3.05, 3.63) is 29.3 Å². The fourth-order valence-electron chi connectivity index (χ4n) is 1.72. The lowest BCUT2D eigenvalue weighted by Gasteiger charge is -2.14. The lowest BCUT2D eigenvalue weighted by atomic mass is 9.97. The van der Waals surface area contributed by atoms with Gasteiger partial charge in [-0.15, -0.1) is 0 Å². The number of hydrogen-bond donors (Lipinski definition) is 0. The van der Waals surface area contributed by atoms with E-state index in [0.717, 1.165) is 17.7 Å². The molecule has 0 aliphatic carbocycles. The predicted molar refractivity (Wildman–Crippen MR) is 70.5 cm³/mol. The second-order valence-electron chi connectivity index (χ2n) is 4.98. The van der Waals surface area contributed by atoms with E-state index in [1.54, 1.807) is 6.92 Å². The summed E-state index contributed by atoms with van der Waals surface area (Å²) in [6.07, 6.45) is 0.994. The van der Waals surface area contributed by atoms with Crippen molar-refractivity contribution in [1.29, 1.82) is 0 Å². The first-order valence-electron chi connectivity index (χ1n) is 6.16. The molecule has 1 aromatic rings. The van der Waals surface area contributed by atoms with E-state index in [-0.39, 0.29) is 17.8 Å². The molecule has 0 bridgehead atoms. The molecule has 0 fully saturated rings. The molecule has 94 valence electrons. The number of aryl methyl sites for hydroxylation is 1. The maximum Gasteiger partial charge on any atom is 0.132 e. The third-order valence-corrected chi connectivity index (χ3v) is 2.84. The Morgan fingerprint density at radius 2 is 1.94 bits per heavy atom. The lowest BCUT2D eigenvalue weighted by molar-refractivity contribution is -0.120. The maximum atomic E-state index is 11.2. The molecule has 0 heterocycles. The Bertz CT molecular complexity index is 394. The number of hydrogen-bond acceptors (Lipinski definition) is 2. The molecular formula is C15H22O2. The molecule has 0 radical (unpaired) electrons. The Kier molecular flexibility index (Phi) is 4.73. The highest BCUT2D eigenvalue weighted by Crippen LogP contribution is 2.22. The van der Waals surface area contributed by atoms with Gasteiger partial charge in [0.2, 0.25) is 0 Å². The minimum atomic E-state index is 0.0891. The second-order valence-corrected chi connectivity index (χ2v) is 4.98. The quantitative estimate of drug-likeness (QED) is 0.778. The number of ether oxygens (including phenoxy) is 1. The molecule has 0 aromatic heterocycles. The van der Waals surface area contributed by atoms with Gasteiger partial charge in [-0.2, -0.15) is 0 Å². The van der Waals surface area contributed by atoms with Crippen LogP contribution in [0.1, 0.15) is 38.8 Å². The summed E-state index contributed by atoms with van der Waals surface area (Å²) in [5.74, 6) is 1.26. The van der Waals surface area contributed by atoms with Crippen LogP contribution in [-0.2, 0) is 11.2 Å². The molecule has 1 aromatic carbocycles. The molecule has 1 atom stereocenters. The molecule has 0 amide bonds. The molecule has 17 heavy (non-hydrogen) atoms. The first-order chi connectivity index (χ1) is 7.90. The van der Waals surface area contributed by atoms with Gasteiger partial charge in [-0.3, -0.25) is 4.79 Å². The SMILES string of the molecule is CC(=O)C(C)Cc1ccc(OC(C)C)c(C)c1. The Morgan fingerprint density at radius 3 is 2.41 bits per heavy atom. The maximum absolute atomic E-state index is 11.2. The summed E-state index contributed by atoms with van der Waals surface area (Å²) in [6.45, 7) is 9.69. The van der Waals surface area contributed by atoms with Crippen LogP contribution >= 0.6 is 0 Å². The van der Waals surface area contributed by atoms with Crippen molar-refractivity contribution in [2.45, 2.75) is 47.1 Å². The van der Waals surface area contributed by atoms with Crippen LogP contribution in [0, 0.1) is 12.8 Å². The largest absolute Gasteiger partial charge is 0.491 e. The number of benzene rings is 1. The zero-order valence-electron chi connectivity index (χ0n) is 11.4. The number of carbonyl (C=O) groups is 1. The van der Waals surface area contributed by atoms with Crippen molar-refractivity contribution < 1.29 is 9.53 Å². The Morgan fingerprint density at radius 1 is 1.29 bits per heavy atom. The lowest BCUT2D eigenvalue weighted by Crippen LogP contribution is -2.10. The van der Waals surface area contributed by atoms with Gasteiger partial charge >= 0.3 is 0 Å². The summed E-state index contributed by atoms with van der Waals surface area (Å²) in [5.41, 5.74) is 2.33. The van der Waals surface area contributed by atoms with Crippen LogP contribution in [0.3, 0.4) is 0 Å². The van der Waals surface area contributed by atoms with E-state index in [1.807, 2.05) is 39.8 Å². The van der Waals surface area contributed by atoms with Gasteiger partial charge in [0, 0.05) is 5.92 Å². The molecule has 0 aliphatic heterocycles. The molecule has 0 N–H and O–H groups in total. The molecule has 0 saturated heterocycles. The smallest absolute Gasteiger partial charge is 0.132 e. The average molecular weight is 234 g/mol. The molecular weight excluding hydrogens is 212 g/mol. The van der Waals surface area contributed by atoms with Crippen LogP contribution in [-0.4, -0.2) is 11.9 Å². The second kappa shape index (κ2) is 5.85. The van der Waals surface area contributed by atoms with Gasteiger partial charge in [0.05, 0.1) is 6.10 Å². The summed E-state index contributed by atoms with van der Waals surface area (Å²) in [6, 6.07) is 6.15. The number of carbonyl (C=O) groups excluding carboxylic acids is 1. The highest BCUT2D eigenvalue weighted by Gasteiger charge is 2.10. The summed E-state index contributed by atoms with van der Waals surface area (Å²) in [4.78, 5) is 11.2. The zero-order chi connectivity index (χ0) is 13.0. The van der Waals surface area contributed by atoms with Crippen LogP contribution in [0.25, 0.3) is 0 Å². The van der Waals surface area contributed by atoms with Crippen LogP contribution < -0.4 is 4.74 Å². The zero-order valence-corrected chi connectivity index (χ0v) is 11.4. The molecule has 0 aliphatic rings. The van der Waals surface area contributed by atoms with Crippen molar-refractivity contribution in [1.82, 2.24) is 0 Å². The van der Waals surface area contributed by atoms with Gasteiger partial charge in [-0.05, 0) is 51.3 Å². The molecule has 1 unspecified atom stereocenters. The summed E-state index contributed by atoms with van der Waals surface area (Å²) >= 11 is 0. The van der Waals surface area contributed by atoms with Crippen LogP contribution in [0.2, 0.25) is 0 Å². The van der Waals surface area contributed by atoms with Gasteiger partial charge in [-0.1, -0.05) is 19.1 Å². The minimum Gasteiger partial charge on any atom is -0.491 e. The fraction of sp³-hybridized carbons (Fsp3) is 0.533. The van der Waals surface area contributed by atoms with Crippen molar-refractivity contribution in [3.63, 3.8) is 0 Å². The van der Waals surface area contributed by atoms with E-state index in [1.165, 1.54) is 5.56 Å². The molecule has 2 heteroatoms. The first kappa shape index (κ1) is 13.8. The summed E-state index contributed by atoms with van der Waals surface area (Å²) in [5, 5.41) is 0. The van der Waals surface area contributed by atoms with Gasteiger partial charge in [0.15, 0.2) is 0 Å². The van der Waals surface area contributed by atoms with Crippen molar-refractivity contribution in [3.8, 4) is 5.75 Å². The van der Waals surface area contributed by atoms with Crippen molar-refractivity contribution in [2.75, 3.05) is 0 Å². The van der Waals surface area contributed by atoms with E-state index in [9.17, 15) is 4.79 Å². The van der Waals surface area contributed by atoms with E-state index in [0.29, 0.717) is 0 Å². The summed E-state index contributed by atoms with van der Waals surface area (Å²) < 4.78 is 5.69. The Hall–Kier alpha value is -1.31. The Balaban J connectivity index is 2.78. The van der Waals surface area contributed by atoms with Crippen LogP contribution in [0.15, 0.2) is 18.2 Å². The van der Waals surface area contributed by atoms with Gasteiger partial charge in [-0.25, -0.2) is 0 Å². The number of Topliss-reactive ketones (excluding diaryl/α,β-unsaturated/α-hetero) is 1. The third-order valence-electron chi connectivity index (χ3n) is 2.84. The van der Waals surface area contributed by atoms with Crippen LogP contribution in [0.4, 0.5) is 0 Å². The van der Waals surface area contributed by atoms with E-state index in [4.69, 9.17) is 4.74 Å². The predicted octanol–water partition coefficient (Wildman–Crippen LogP) is 3.55. The number of rotatable bonds is 5. The Labute approximate surface area is 104 Å².